The van der Waals surface area contributed by atoms with Gasteiger partial charge in [-0.2, -0.15) is 0 Å². The zero-order chi connectivity index (χ0) is 25.8. The predicted octanol–water partition coefficient (Wildman–Crippen LogP) is 7.38. The van der Waals surface area contributed by atoms with Crippen molar-refractivity contribution in [2.75, 3.05) is 25.1 Å². The van der Waals surface area contributed by atoms with Crippen LogP contribution < -0.4 is 10.2 Å². The first kappa shape index (κ1) is 25.0. The van der Waals surface area contributed by atoms with Crippen LogP contribution in [0.1, 0.15) is 52.9 Å². The standard InChI is InChI=1S/C33H36N2O2/c1-23-17-18-28(21-31(23)33(36)37-3)35-22-25(20-27-12-5-7-16-32(27)35)10-9-19-34-24(2)29-15-8-13-26-11-4-6-14-30(26)29/h4-8,11-18,21,24-25,34H,9-10,19-20,22H2,1-3H3/t24-,25?/m1/s1. The molecule has 1 aliphatic rings. The predicted molar refractivity (Wildman–Crippen MR) is 153 cm³/mol. The average Bonchev–Trinajstić information content (AvgIpc) is 2.94. The second-order valence-corrected chi connectivity index (χ2v) is 10.2. The Morgan fingerprint density at radius 2 is 1.81 bits per heavy atom. The molecule has 0 bridgehead atoms. The van der Waals surface area contributed by atoms with Crippen molar-refractivity contribution in [3.8, 4) is 0 Å². The molecule has 1 N–H and O–H groups in total. The summed E-state index contributed by atoms with van der Waals surface area (Å²) in [7, 11) is 1.44. The van der Waals surface area contributed by atoms with E-state index in [1.807, 2.05) is 19.1 Å². The first-order chi connectivity index (χ1) is 18.0. The summed E-state index contributed by atoms with van der Waals surface area (Å²) in [5.41, 5.74) is 6.58. The van der Waals surface area contributed by atoms with Crippen LogP contribution in [-0.4, -0.2) is 26.2 Å². The normalized spacial score (nSPS) is 15.9. The SMILES string of the molecule is COC(=O)c1cc(N2CC(CCCN[C@H](C)c3cccc4ccccc34)Cc3ccccc32)ccc1C. The number of carbonyl (C=O) groups is 1. The third-order valence-corrected chi connectivity index (χ3v) is 7.70. The zero-order valence-corrected chi connectivity index (χ0v) is 22.0. The Morgan fingerprint density at radius 3 is 2.68 bits per heavy atom. The van der Waals surface area contributed by atoms with Crippen LogP contribution in [0.5, 0.6) is 0 Å². The molecule has 1 unspecified atom stereocenters. The van der Waals surface area contributed by atoms with Crippen LogP contribution in [-0.2, 0) is 11.2 Å². The van der Waals surface area contributed by atoms with Crippen LogP contribution >= 0.6 is 0 Å². The van der Waals surface area contributed by atoms with Gasteiger partial charge in [-0.15, -0.1) is 0 Å². The number of aryl methyl sites for hydroxylation is 1. The fourth-order valence-corrected chi connectivity index (χ4v) is 5.67. The summed E-state index contributed by atoms with van der Waals surface area (Å²) in [6, 6.07) is 30.3. The number of ether oxygens (including phenoxy) is 1. The number of fused-ring (bicyclic) bond motifs is 2. The average molecular weight is 493 g/mol. The summed E-state index contributed by atoms with van der Waals surface area (Å²) in [4.78, 5) is 14.7. The second-order valence-electron chi connectivity index (χ2n) is 10.2. The second kappa shape index (κ2) is 11.2. The van der Waals surface area contributed by atoms with E-state index in [1.54, 1.807) is 0 Å². The summed E-state index contributed by atoms with van der Waals surface area (Å²) in [6.07, 6.45) is 3.36. The van der Waals surface area contributed by atoms with Gasteiger partial charge in [-0.1, -0.05) is 66.7 Å². The highest BCUT2D eigenvalue weighted by Gasteiger charge is 2.26. The molecule has 37 heavy (non-hydrogen) atoms. The van der Waals surface area contributed by atoms with Gasteiger partial charge in [0.2, 0.25) is 0 Å². The van der Waals surface area contributed by atoms with Crippen LogP contribution in [0, 0.1) is 12.8 Å². The highest BCUT2D eigenvalue weighted by atomic mass is 16.5. The quantitative estimate of drug-likeness (QED) is 0.206. The van der Waals surface area contributed by atoms with Gasteiger partial charge in [-0.25, -0.2) is 4.79 Å². The van der Waals surface area contributed by atoms with Crippen molar-refractivity contribution in [2.45, 2.75) is 39.2 Å². The molecule has 4 aromatic rings. The molecule has 0 aliphatic carbocycles. The van der Waals surface area contributed by atoms with Crippen molar-refractivity contribution in [3.63, 3.8) is 0 Å². The fraction of sp³-hybridized carbons (Fsp3) is 0.303. The molecule has 0 saturated heterocycles. The first-order valence-electron chi connectivity index (χ1n) is 13.3. The van der Waals surface area contributed by atoms with Gasteiger partial charge in [-0.3, -0.25) is 0 Å². The number of methoxy groups -OCH3 is 1. The molecule has 0 saturated carbocycles. The lowest BCUT2D eigenvalue weighted by Gasteiger charge is -2.36. The number of carbonyl (C=O) groups excluding carboxylic acids is 1. The van der Waals surface area contributed by atoms with Crippen LogP contribution in [0.25, 0.3) is 10.8 Å². The minimum atomic E-state index is -0.285. The van der Waals surface area contributed by atoms with Gasteiger partial charge in [0.15, 0.2) is 0 Å². The van der Waals surface area contributed by atoms with Crippen molar-refractivity contribution in [1.29, 1.82) is 0 Å². The van der Waals surface area contributed by atoms with Gasteiger partial charge in [-0.05, 0) is 91.2 Å². The number of hydrogen-bond donors (Lipinski definition) is 1. The molecule has 1 aliphatic heterocycles. The Kier molecular flexibility index (Phi) is 7.57. The van der Waals surface area contributed by atoms with Crippen LogP contribution in [0.15, 0.2) is 84.9 Å². The fourth-order valence-electron chi connectivity index (χ4n) is 5.67. The Morgan fingerprint density at radius 1 is 1.03 bits per heavy atom. The Labute approximate surface area is 220 Å². The molecule has 4 nitrogen and oxygen atoms in total. The number of nitrogens with zero attached hydrogens (tertiary/aromatic N) is 1. The minimum absolute atomic E-state index is 0.285. The highest BCUT2D eigenvalue weighted by molar-refractivity contribution is 5.92. The van der Waals surface area contributed by atoms with Crippen molar-refractivity contribution in [2.24, 2.45) is 5.92 Å². The van der Waals surface area contributed by atoms with Gasteiger partial charge in [0.25, 0.3) is 0 Å². The van der Waals surface area contributed by atoms with Crippen molar-refractivity contribution in [1.82, 2.24) is 5.32 Å². The molecule has 0 radical (unpaired) electrons. The van der Waals surface area contributed by atoms with Gasteiger partial charge in [0, 0.05) is 24.0 Å². The lowest BCUT2D eigenvalue weighted by atomic mass is 9.88. The number of rotatable bonds is 8. The Balaban J connectivity index is 1.26. The molecule has 2 atom stereocenters. The molecule has 4 aromatic carbocycles. The van der Waals surface area contributed by atoms with E-state index in [0.29, 0.717) is 17.5 Å². The lowest BCUT2D eigenvalue weighted by molar-refractivity contribution is 0.0600. The van der Waals surface area contributed by atoms with Gasteiger partial charge in [0.1, 0.15) is 0 Å². The van der Waals surface area contributed by atoms with E-state index in [2.05, 4.69) is 89.9 Å². The van der Waals surface area contributed by atoms with Crippen LogP contribution in [0.2, 0.25) is 0 Å². The first-order valence-corrected chi connectivity index (χ1v) is 13.3. The molecule has 0 fully saturated rings. The van der Waals surface area contributed by atoms with Crippen molar-refractivity contribution >= 4 is 28.1 Å². The topological polar surface area (TPSA) is 41.6 Å². The summed E-state index contributed by atoms with van der Waals surface area (Å²) < 4.78 is 5.03. The highest BCUT2D eigenvalue weighted by Crippen LogP contribution is 2.37. The third kappa shape index (κ3) is 5.40. The Hall–Kier alpha value is -3.63. The summed E-state index contributed by atoms with van der Waals surface area (Å²) >= 11 is 0. The zero-order valence-electron chi connectivity index (χ0n) is 22.0. The monoisotopic (exact) mass is 492 g/mol. The van der Waals surface area contributed by atoms with Gasteiger partial charge < -0.3 is 15.0 Å². The van der Waals surface area contributed by atoms with Crippen molar-refractivity contribution < 1.29 is 9.53 Å². The molecular weight excluding hydrogens is 456 g/mol. The van der Waals surface area contributed by atoms with E-state index >= 15 is 0 Å². The Bertz CT molecular complexity index is 1390. The lowest BCUT2D eigenvalue weighted by Crippen LogP contribution is -2.32. The van der Waals surface area contributed by atoms with Gasteiger partial charge >= 0.3 is 5.97 Å². The summed E-state index contributed by atoms with van der Waals surface area (Å²) in [5, 5.41) is 6.38. The molecule has 0 spiro atoms. The van der Waals surface area contributed by atoms with Crippen LogP contribution in [0.3, 0.4) is 0 Å². The van der Waals surface area contributed by atoms with E-state index in [-0.39, 0.29) is 5.97 Å². The number of anilines is 2. The molecule has 0 aromatic heterocycles. The molecule has 0 amide bonds. The smallest absolute Gasteiger partial charge is 0.338 e. The number of esters is 1. The molecule has 4 heteroatoms. The molecule has 1 heterocycles. The maximum Gasteiger partial charge on any atom is 0.338 e. The van der Waals surface area contributed by atoms with Gasteiger partial charge in [0.05, 0.1) is 12.7 Å². The van der Waals surface area contributed by atoms with Crippen molar-refractivity contribution in [3.05, 3.63) is 107 Å². The third-order valence-electron chi connectivity index (χ3n) is 7.70. The maximum atomic E-state index is 12.3. The number of benzene rings is 4. The number of hydrogen-bond acceptors (Lipinski definition) is 4. The molecule has 5 rings (SSSR count). The van der Waals surface area contributed by atoms with E-state index in [0.717, 1.165) is 43.6 Å². The van der Waals surface area contributed by atoms with E-state index in [1.165, 1.54) is 34.7 Å². The summed E-state index contributed by atoms with van der Waals surface area (Å²) in [5.74, 6) is 0.264. The largest absolute Gasteiger partial charge is 0.465 e. The molecular formula is C33H36N2O2. The minimum Gasteiger partial charge on any atom is -0.465 e. The van der Waals surface area contributed by atoms with E-state index < -0.39 is 0 Å². The number of nitrogens with one attached hydrogen (secondary N) is 1. The maximum absolute atomic E-state index is 12.3. The van der Waals surface area contributed by atoms with E-state index in [4.69, 9.17) is 4.74 Å². The van der Waals surface area contributed by atoms with Crippen LogP contribution in [0.4, 0.5) is 11.4 Å². The van der Waals surface area contributed by atoms with E-state index in [9.17, 15) is 4.79 Å². The number of para-hydroxylation sites is 1. The summed E-state index contributed by atoms with van der Waals surface area (Å²) in [6.45, 7) is 6.14. The molecule has 190 valence electrons.